The van der Waals surface area contributed by atoms with Gasteiger partial charge in [0.1, 0.15) is 0 Å². The van der Waals surface area contributed by atoms with Gasteiger partial charge in [0.25, 0.3) is 0 Å². The Hall–Kier alpha value is -0.130. The summed E-state index contributed by atoms with van der Waals surface area (Å²) in [4.78, 5) is 0. The molecule has 0 amide bonds. The van der Waals surface area contributed by atoms with Crippen molar-refractivity contribution in [3.8, 4) is 0 Å². The van der Waals surface area contributed by atoms with Crippen molar-refractivity contribution in [3.63, 3.8) is 0 Å². The van der Waals surface area contributed by atoms with Gasteiger partial charge in [-0.1, -0.05) is 123 Å². The highest BCUT2D eigenvalue weighted by molar-refractivity contribution is 7.80. The van der Waals surface area contributed by atoms with E-state index >= 15 is 0 Å². The third kappa shape index (κ3) is 22.2. The second-order valence-corrected chi connectivity index (χ2v) is 9.55. The largest absolute Gasteiger partial charge is 0.397 e. The molecule has 0 spiro atoms. The number of hydrogen-bond donors (Lipinski definition) is 1. The standard InChI is InChI=1S/C23H48O4S/c1-3-5-7-9-11-12-13-14-15-17-19-21-23(22-27-28(24,25)26)20-18-16-10-8-6-4-2/h23H,3-22H2,1-2H3,(H,24,25,26). The van der Waals surface area contributed by atoms with Gasteiger partial charge < -0.3 is 0 Å². The van der Waals surface area contributed by atoms with Crippen LogP contribution in [0.4, 0.5) is 0 Å². The van der Waals surface area contributed by atoms with Gasteiger partial charge in [0.05, 0.1) is 6.61 Å². The van der Waals surface area contributed by atoms with Crippen molar-refractivity contribution >= 4 is 10.4 Å². The monoisotopic (exact) mass is 420 g/mol. The number of unbranched alkanes of at least 4 members (excludes halogenated alkanes) is 15. The molecule has 0 bridgehead atoms. The summed E-state index contributed by atoms with van der Waals surface area (Å²) in [5, 5.41) is 0. The third-order valence-electron chi connectivity index (χ3n) is 5.63. The van der Waals surface area contributed by atoms with Gasteiger partial charge in [0.2, 0.25) is 0 Å². The maximum absolute atomic E-state index is 10.9. The van der Waals surface area contributed by atoms with Crippen LogP contribution in [0.15, 0.2) is 0 Å². The van der Waals surface area contributed by atoms with E-state index in [1.807, 2.05) is 0 Å². The zero-order chi connectivity index (χ0) is 20.9. The van der Waals surface area contributed by atoms with Gasteiger partial charge in [0, 0.05) is 0 Å². The maximum atomic E-state index is 10.9. The molecule has 4 nitrogen and oxygen atoms in total. The van der Waals surface area contributed by atoms with Crippen LogP contribution in [0, 0.1) is 5.92 Å². The van der Waals surface area contributed by atoms with Crippen molar-refractivity contribution in [3.05, 3.63) is 0 Å². The Morgan fingerprint density at radius 3 is 1.25 bits per heavy atom. The molecule has 0 heterocycles. The predicted octanol–water partition coefficient (Wildman–Crippen LogP) is 7.87. The molecule has 0 aromatic carbocycles. The van der Waals surface area contributed by atoms with E-state index in [4.69, 9.17) is 4.55 Å². The highest BCUT2D eigenvalue weighted by atomic mass is 32.3. The van der Waals surface area contributed by atoms with E-state index < -0.39 is 10.4 Å². The SMILES string of the molecule is CCCCCCCCCCCCCC(CCCCCCCC)COS(=O)(=O)O. The van der Waals surface area contributed by atoms with Crippen molar-refractivity contribution in [2.45, 2.75) is 136 Å². The van der Waals surface area contributed by atoms with Crippen molar-refractivity contribution in [1.29, 1.82) is 0 Å². The van der Waals surface area contributed by atoms with Crippen LogP contribution in [0.3, 0.4) is 0 Å². The van der Waals surface area contributed by atoms with Gasteiger partial charge in [-0.2, -0.15) is 8.42 Å². The first-order valence-corrected chi connectivity index (χ1v) is 13.5. The Kier molecular flexibility index (Phi) is 20.1. The molecule has 1 unspecified atom stereocenters. The minimum atomic E-state index is -4.32. The summed E-state index contributed by atoms with van der Waals surface area (Å²) in [5.41, 5.74) is 0. The van der Waals surface area contributed by atoms with Gasteiger partial charge in [-0.05, 0) is 18.8 Å². The fourth-order valence-corrected chi connectivity index (χ4v) is 4.17. The van der Waals surface area contributed by atoms with E-state index in [0.717, 1.165) is 25.7 Å². The zero-order valence-electron chi connectivity index (χ0n) is 18.8. The normalized spacial score (nSPS) is 13.1. The first-order valence-electron chi connectivity index (χ1n) is 12.1. The summed E-state index contributed by atoms with van der Waals surface area (Å²) >= 11 is 0. The van der Waals surface area contributed by atoms with Crippen LogP contribution in [0.2, 0.25) is 0 Å². The molecule has 0 aliphatic carbocycles. The predicted molar refractivity (Wildman–Crippen MR) is 120 cm³/mol. The summed E-state index contributed by atoms with van der Waals surface area (Å²) in [5.74, 6) is 0.242. The molecule has 0 rings (SSSR count). The fraction of sp³-hybridized carbons (Fsp3) is 1.00. The average molecular weight is 421 g/mol. The molecule has 0 aromatic rings. The van der Waals surface area contributed by atoms with Crippen LogP contribution >= 0.6 is 0 Å². The molecule has 0 saturated heterocycles. The van der Waals surface area contributed by atoms with Crippen molar-refractivity contribution in [2.75, 3.05) is 6.61 Å². The molecule has 1 atom stereocenters. The molecular weight excluding hydrogens is 372 g/mol. The van der Waals surface area contributed by atoms with Gasteiger partial charge in [-0.25, -0.2) is 4.18 Å². The smallest absolute Gasteiger partial charge is 0.264 e. The minimum Gasteiger partial charge on any atom is -0.264 e. The molecule has 1 N–H and O–H groups in total. The zero-order valence-corrected chi connectivity index (χ0v) is 19.6. The highest BCUT2D eigenvalue weighted by Crippen LogP contribution is 2.20. The van der Waals surface area contributed by atoms with Crippen LogP contribution in [0.1, 0.15) is 136 Å². The summed E-state index contributed by atoms with van der Waals surface area (Å²) in [7, 11) is -4.32. The van der Waals surface area contributed by atoms with Crippen LogP contribution in [0.5, 0.6) is 0 Å². The first-order chi connectivity index (χ1) is 13.5. The van der Waals surface area contributed by atoms with Crippen LogP contribution in [-0.2, 0) is 14.6 Å². The third-order valence-corrected chi connectivity index (χ3v) is 6.07. The average Bonchev–Trinajstić information content (AvgIpc) is 2.65. The number of hydrogen-bond acceptors (Lipinski definition) is 3. The van der Waals surface area contributed by atoms with Crippen LogP contribution < -0.4 is 0 Å². The second kappa shape index (κ2) is 20.2. The van der Waals surface area contributed by atoms with Crippen molar-refractivity contribution in [1.82, 2.24) is 0 Å². The lowest BCUT2D eigenvalue weighted by molar-refractivity contribution is 0.204. The van der Waals surface area contributed by atoms with Gasteiger partial charge >= 0.3 is 10.4 Å². The molecular formula is C23H48O4S. The molecule has 0 aromatic heterocycles. The van der Waals surface area contributed by atoms with Gasteiger partial charge in [-0.3, -0.25) is 4.55 Å². The Morgan fingerprint density at radius 2 is 0.929 bits per heavy atom. The van der Waals surface area contributed by atoms with Gasteiger partial charge in [-0.15, -0.1) is 0 Å². The quantitative estimate of drug-likeness (QED) is 0.143. The molecule has 0 fully saturated rings. The van der Waals surface area contributed by atoms with E-state index in [9.17, 15) is 8.42 Å². The van der Waals surface area contributed by atoms with E-state index in [1.54, 1.807) is 0 Å². The van der Waals surface area contributed by atoms with Gasteiger partial charge in [0.15, 0.2) is 0 Å². The molecule has 0 aliphatic rings. The van der Waals surface area contributed by atoms with Crippen molar-refractivity contribution < 1.29 is 17.2 Å². The van der Waals surface area contributed by atoms with Crippen LogP contribution in [-0.4, -0.2) is 19.6 Å². The van der Waals surface area contributed by atoms with E-state index in [1.165, 1.54) is 96.3 Å². The van der Waals surface area contributed by atoms with E-state index in [0.29, 0.717) is 0 Å². The fourth-order valence-electron chi connectivity index (χ4n) is 3.80. The van der Waals surface area contributed by atoms with E-state index in [2.05, 4.69) is 18.0 Å². The Labute approximate surface area is 176 Å². The molecule has 5 heteroatoms. The molecule has 28 heavy (non-hydrogen) atoms. The van der Waals surface area contributed by atoms with Crippen LogP contribution in [0.25, 0.3) is 0 Å². The van der Waals surface area contributed by atoms with Crippen molar-refractivity contribution in [2.24, 2.45) is 5.92 Å². The second-order valence-electron chi connectivity index (χ2n) is 8.46. The Balaban J connectivity index is 3.76. The Morgan fingerprint density at radius 1 is 0.607 bits per heavy atom. The molecule has 0 aliphatic heterocycles. The highest BCUT2D eigenvalue weighted by Gasteiger charge is 2.13. The lowest BCUT2D eigenvalue weighted by Gasteiger charge is -2.16. The molecule has 0 saturated carbocycles. The summed E-state index contributed by atoms with van der Waals surface area (Å²) in [6.45, 7) is 4.61. The number of rotatable bonds is 22. The summed E-state index contributed by atoms with van der Waals surface area (Å²) in [6.07, 6.45) is 24.0. The molecule has 170 valence electrons. The van der Waals surface area contributed by atoms with E-state index in [-0.39, 0.29) is 12.5 Å². The Bertz CT molecular complexity index is 409. The lowest BCUT2D eigenvalue weighted by atomic mass is 9.95. The summed E-state index contributed by atoms with van der Waals surface area (Å²) < 4.78 is 35.3. The molecule has 0 radical (unpaired) electrons. The lowest BCUT2D eigenvalue weighted by Crippen LogP contribution is -2.14. The first kappa shape index (κ1) is 27.9. The maximum Gasteiger partial charge on any atom is 0.397 e. The minimum absolute atomic E-state index is 0.131. The topological polar surface area (TPSA) is 63.6 Å². The summed E-state index contributed by atoms with van der Waals surface area (Å²) in [6, 6.07) is 0.